The van der Waals surface area contributed by atoms with Gasteiger partial charge in [-0.05, 0) is 183 Å². The molecule has 8 heterocycles. The van der Waals surface area contributed by atoms with E-state index in [1.807, 2.05) is 11.3 Å². The first-order valence-electron chi connectivity index (χ1n) is 32.4. The van der Waals surface area contributed by atoms with Crippen molar-refractivity contribution in [3.63, 3.8) is 0 Å². The van der Waals surface area contributed by atoms with Crippen LogP contribution in [0.1, 0.15) is 66.6 Å². The van der Waals surface area contributed by atoms with Crippen molar-refractivity contribution < 1.29 is 4.42 Å². The molecule has 434 valence electrons. The van der Waals surface area contributed by atoms with Gasteiger partial charge in [-0.1, -0.05) is 190 Å². The van der Waals surface area contributed by atoms with Gasteiger partial charge in [0.15, 0.2) is 5.58 Å². The first-order valence-corrected chi connectivity index (χ1v) is 33.2. The van der Waals surface area contributed by atoms with Gasteiger partial charge in [-0.2, -0.15) is 0 Å². The van der Waals surface area contributed by atoms with Gasteiger partial charge in [0.25, 0.3) is 0 Å². The fourth-order valence-corrected chi connectivity index (χ4v) is 18.8. The number of fused-ring (bicyclic) bond motifs is 18. The quantitative estimate of drug-likeness (QED) is 0.142. The first kappa shape index (κ1) is 52.3. The minimum Gasteiger partial charge on any atom is -0.454 e. The topological polar surface area (TPSA) is 29.5 Å². The molecule has 0 aliphatic carbocycles. The van der Waals surface area contributed by atoms with Crippen LogP contribution >= 0.6 is 11.3 Å². The Hall–Kier alpha value is -10.5. The van der Waals surface area contributed by atoms with Gasteiger partial charge in [0.2, 0.25) is 13.4 Å². The number of rotatable bonds is 8. The van der Waals surface area contributed by atoms with Gasteiger partial charge >= 0.3 is 0 Å². The van der Waals surface area contributed by atoms with Crippen LogP contribution in [0.2, 0.25) is 0 Å². The molecule has 12 aromatic carbocycles. The zero-order valence-electron chi connectivity index (χ0n) is 51.8. The molecular formula is C84H60B2N4OS. The van der Waals surface area contributed by atoms with E-state index in [9.17, 15) is 0 Å². The molecule has 16 aromatic rings. The van der Waals surface area contributed by atoms with E-state index in [-0.39, 0.29) is 18.8 Å². The Kier molecular flexibility index (Phi) is 10.7. The summed E-state index contributed by atoms with van der Waals surface area (Å²) in [4.78, 5) is 4.83. The number of anilines is 6. The molecular weight excluding hydrogens is 1130 g/mol. The number of aryl methyl sites for hydroxylation is 1. The van der Waals surface area contributed by atoms with Crippen LogP contribution in [0.5, 0.6) is 0 Å². The molecule has 0 radical (unpaired) electrons. The number of furan rings is 1. The van der Waals surface area contributed by atoms with Gasteiger partial charge in [-0.25, -0.2) is 0 Å². The fourth-order valence-electron chi connectivity index (χ4n) is 17.5. The van der Waals surface area contributed by atoms with Crippen molar-refractivity contribution in [1.82, 2.24) is 9.13 Å². The molecule has 0 fully saturated rings. The van der Waals surface area contributed by atoms with E-state index in [4.69, 9.17) is 4.42 Å². The van der Waals surface area contributed by atoms with Crippen LogP contribution in [-0.4, -0.2) is 22.6 Å². The maximum atomic E-state index is 6.99. The minimum absolute atomic E-state index is 0.00172. The monoisotopic (exact) mass is 1190 g/mol. The van der Waals surface area contributed by atoms with Crippen LogP contribution < -0.4 is 42.6 Å². The molecule has 4 aliphatic heterocycles. The third-order valence-electron chi connectivity index (χ3n) is 21.4. The second-order valence-corrected chi connectivity index (χ2v) is 28.2. The number of hydrogen-bond acceptors (Lipinski definition) is 4. The van der Waals surface area contributed by atoms with Crippen molar-refractivity contribution in [2.45, 2.75) is 51.9 Å². The van der Waals surface area contributed by atoms with Crippen LogP contribution in [0, 0.1) is 6.92 Å². The molecule has 92 heavy (non-hydrogen) atoms. The number of hydrogen-bond donors (Lipinski definition) is 0. The van der Waals surface area contributed by atoms with Gasteiger partial charge in [0.1, 0.15) is 11.1 Å². The predicted molar refractivity (Wildman–Crippen MR) is 390 cm³/mol. The summed E-state index contributed by atoms with van der Waals surface area (Å²) in [5.74, 6) is 0. The highest BCUT2D eigenvalue weighted by molar-refractivity contribution is 7.26. The average molecular weight is 1200 g/mol. The van der Waals surface area contributed by atoms with Gasteiger partial charge in [-0.15, -0.1) is 11.3 Å². The number of aromatic nitrogens is 2. The summed E-state index contributed by atoms with van der Waals surface area (Å²) in [6.45, 7) is 12.2. The third kappa shape index (κ3) is 7.00. The molecule has 4 aliphatic rings. The largest absolute Gasteiger partial charge is 0.454 e. The Labute approximate surface area is 538 Å². The van der Waals surface area contributed by atoms with E-state index in [1.54, 1.807) is 0 Å². The van der Waals surface area contributed by atoms with Gasteiger partial charge < -0.3 is 23.4 Å². The highest BCUT2D eigenvalue weighted by atomic mass is 32.1. The maximum absolute atomic E-state index is 6.99. The Morgan fingerprint density at radius 1 is 0.402 bits per heavy atom. The maximum Gasteiger partial charge on any atom is 0.247 e. The first-order chi connectivity index (χ1) is 45.1. The van der Waals surface area contributed by atoms with Crippen molar-refractivity contribution in [3.05, 3.63) is 300 Å². The molecule has 4 aromatic heterocycles. The van der Waals surface area contributed by atoms with Crippen LogP contribution in [0.3, 0.4) is 0 Å². The van der Waals surface area contributed by atoms with E-state index < -0.39 is 5.41 Å². The van der Waals surface area contributed by atoms with Crippen LogP contribution in [0.4, 0.5) is 34.1 Å². The van der Waals surface area contributed by atoms with Crippen molar-refractivity contribution >= 4 is 156 Å². The summed E-state index contributed by atoms with van der Waals surface area (Å²) < 4.78 is 15.0. The highest BCUT2D eigenvalue weighted by Crippen LogP contribution is 2.50. The molecule has 5 nitrogen and oxygen atoms in total. The van der Waals surface area contributed by atoms with Crippen molar-refractivity contribution in [3.8, 4) is 11.4 Å². The Morgan fingerprint density at radius 3 is 1.51 bits per heavy atom. The highest BCUT2D eigenvalue weighted by Gasteiger charge is 2.48. The molecule has 20 rings (SSSR count). The lowest BCUT2D eigenvalue weighted by Gasteiger charge is -2.43. The van der Waals surface area contributed by atoms with Crippen LogP contribution in [-0.2, 0) is 17.3 Å². The summed E-state index contributed by atoms with van der Waals surface area (Å²) in [5, 5.41) is 4.97. The number of para-hydroxylation sites is 6. The standard InChI is InChI=1S/C84H60B2N4OS/c1-50-43-64-75-70(44-50)90-79-60-32-19-21-36-73(60)92-82(79)74-52(37-40-69(80(74)90)86(75)67-42-39-57(48-62(67)83(64,2)3)87(53-23-10-6-11-24-53)54-25-12-7-13-26-54)45-51-46-65-76-71(47-51)89-77-61(81-78(89)59-31-18-20-35-72(59)91-81)33-22-34-68(77)85(76)66-41-38-58(49-63(66)84(65,4)5)88(55-27-14-8-15-28-55)56-29-16-9-17-30-56/h6-44,46-49H,45H2,1-5H3. The Balaban J connectivity index is 0.826. The van der Waals surface area contributed by atoms with E-state index in [1.165, 1.54) is 120 Å². The Bertz CT molecular complexity index is 5760. The lowest BCUT2D eigenvalue weighted by atomic mass is 9.30. The molecule has 0 amide bonds. The fraction of sp³-hybridized carbons (Fsp3) is 0.0952. The van der Waals surface area contributed by atoms with Crippen LogP contribution in [0.25, 0.3) is 75.6 Å². The predicted octanol–water partition coefficient (Wildman–Crippen LogP) is 17.6. The summed E-state index contributed by atoms with van der Waals surface area (Å²) in [5.41, 5.74) is 33.3. The van der Waals surface area contributed by atoms with Crippen molar-refractivity contribution in [1.29, 1.82) is 0 Å². The lowest BCUT2D eigenvalue weighted by molar-refractivity contribution is 0.644. The molecule has 0 bridgehead atoms. The van der Waals surface area contributed by atoms with Gasteiger partial charge in [-0.3, -0.25) is 0 Å². The summed E-state index contributed by atoms with van der Waals surface area (Å²) in [6.07, 6.45) is 0.744. The number of benzene rings is 12. The number of thiophene rings is 1. The Morgan fingerprint density at radius 2 is 0.902 bits per heavy atom. The van der Waals surface area contributed by atoms with Crippen molar-refractivity contribution in [2.75, 3.05) is 9.80 Å². The smallest absolute Gasteiger partial charge is 0.247 e. The normalized spacial score (nSPS) is 14.3. The summed E-state index contributed by atoms with van der Waals surface area (Å²) in [7, 11) is 0. The van der Waals surface area contributed by atoms with Crippen molar-refractivity contribution in [2.24, 2.45) is 0 Å². The summed E-state index contributed by atoms with van der Waals surface area (Å²) in [6, 6.07) is 98.0. The molecule has 0 saturated heterocycles. The molecule has 0 saturated carbocycles. The van der Waals surface area contributed by atoms with Gasteiger partial charge in [0, 0.05) is 82.6 Å². The second-order valence-electron chi connectivity index (χ2n) is 27.2. The summed E-state index contributed by atoms with van der Waals surface area (Å²) >= 11 is 1.96. The lowest BCUT2D eigenvalue weighted by Crippen LogP contribution is -2.63. The molecule has 0 atom stereocenters. The zero-order chi connectivity index (χ0) is 61.0. The zero-order valence-corrected chi connectivity index (χ0v) is 52.6. The number of nitrogens with zero attached hydrogens (tertiary/aromatic N) is 4. The second kappa shape index (κ2) is 18.8. The van der Waals surface area contributed by atoms with E-state index >= 15 is 0 Å². The molecule has 0 spiro atoms. The average Bonchev–Trinajstić information content (AvgIpc) is 1.40. The van der Waals surface area contributed by atoms with E-state index in [0.29, 0.717) is 0 Å². The molecule has 8 heteroatoms. The molecule has 0 N–H and O–H groups in total. The van der Waals surface area contributed by atoms with Gasteiger partial charge in [0.05, 0.1) is 21.3 Å². The SMILES string of the molecule is Cc1cc2c3c(c1)C(C)(C)c1cc(N(c4ccccc4)c4ccccc4)ccc1B3c1ccc(Cc3cc4c5c(c3)C(C)(C)c3cc(N(c6ccccc6)c6ccccc6)ccc3B5c3cccc5c6oc7ccccc7c6n-4c35)c3c4sc5ccccc5c4n-2c13. The molecule has 0 unspecified atom stereocenters. The third-order valence-corrected chi connectivity index (χ3v) is 22.6. The van der Waals surface area contributed by atoms with E-state index in [2.05, 4.69) is 314 Å². The van der Waals surface area contributed by atoms with E-state index in [0.717, 1.165) is 68.0 Å². The van der Waals surface area contributed by atoms with Crippen LogP contribution in [0.15, 0.2) is 265 Å². The minimum atomic E-state index is -0.403.